The first kappa shape index (κ1) is 25.9. The van der Waals surface area contributed by atoms with E-state index in [4.69, 9.17) is 10.1 Å². The molecule has 36 heavy (non-hydrogen) atoms. The third-order valence-electron chi connectivity index (χ3n) is 5.55. The second-order valence-electron chi connectivity index (χ2n) is 7.96. The van der Waals surface area contributed by atoms with E-state index in [1.165, 1.54) is 21.5 Å². The molecule has 174 valence electrons. The summed E-state index contributed by atoms with van der Waals surface area (Å²) in [7, 11) is -0.700. The Balaban J connectivity index is 0.000000455. The van der Waals surface area contributed by atoms with Gasteiger partial charge >= 0.3 is 17.1 Å². The van der Waals surface area contributed by atoms with Crippen LogP contribution in [0.15, 0.2) is 137 Å². The zero-order chi connectivity index (χ0) is 23.7. The van der Waals surface area contributed by atoms with Crippen LogP contribution in [0.3, 0.4) is 0 Å². The summed E-state index contributed by atoms with van der Waals surface area (Å²) in [6.45, 7) is 0.622. The topological polar surface area (TPSA) is 23.3 Å². The van der Waals surface area contributed by atoms with Gasteiger partial charge in [-0.1, -0.05) is 91.0 Å². The molecule has 1 fully saturated rings. The average molecular weight is 523 g/mol. The van der Waals surface area contributed by atoms with E-state index >= 15 is 0 Å². The summed E-state index contributed by atoms with van der Waals surface area (Å²) in [5.41, 5.74) is 13.2. The van der Waals surface area contributed by atoms with Crippen molar-refractivity contribution in [1.82, 2.24) is 0 Å². The molecule has 3 aliphatic rings. The zero-order valence-corrected chi connectivity index (χ0v) is 21.5. The molecule has 6 rings (SSSR count). The molecule has 0 bridgehead atoms. The van der Waals surface area contributed by atoms with Crippen LogP contribution in [-0.4, -0.2) is 12.6 Å². The Morgan fingerprint density at radius 1 is 0.861 bits per heavy atom. The molecular formula is C32H22FeNOP. The van der Waals surface area contributed by atoms with Gasteiger partial charge in [0.25, 0.3) is 0 Å². The van der Waals surface area contributed by atoms with Crippen molar-refractivity contribution < 1.29 is 21.8 Å². The van der Waals surface area contributed by atoms with E-state index < -0.39 is 7.92 Å². The second-order valence-corrected chi connectivity index (χ2v) is 10.1. The zero-order valence-electron chi connectivity index (χ0n) is 19.5. The van der Waals surface area contributed by atoms with Crippen molar-refractivity contribution >= 4 is 18.5 Å². The standard InChI is InChI=1S/C27H22NOP.C5.Fe/c1-4-11-21(12-5-1)19-22-20-29-27(28-22)25-17-10-18-26(25)30(23-13-6-2-7-14-23)24-15-8-3-9-16-24;1-2-4-5-3-1;/h1-16,18,22H,19-20H2;;/q2*-1;+2/t22-;;/m1../s1. The van der Waals surface area contributed by atoms with Crippen LogP contribution < -0.4 is 10.6 Å². The number of benzene rings is 3. The molecule has 1 atom stereocenters. The predicted molar refractivity (Wildman–Crippen MR) is 142 cm³/mol. The molecule has 2 radical (unpaired) electrons. The van der Waals surface area contributed by atoms with Crippen LogP contribution in [0.1, 0.15) is 5.56 Å². The molecule has 0 N–H and O–H groups in total. The number of nitrogens with zero attached hydrogens (tertiary/aromatic N) is 1. The minimum Gasteiger partial charge on any atom is -0.623 e. The van der Waals surface area contributed by atoms with Crippen LogP contribution in [0.4, 0.5) is 0 Å². The summed E-state index contributed by atoms with van der Waals surface area (Å²) in [6.07, 6.45) is 10.8. The Kier molecular flexibility index (Phi) is 9.55. The molecule has 0 unspecified atom stereocenters. The van der Waals surface area contributed by atoms with Gasteiger partial charge in [0.1, 0.15) is 0 Å². The van der Waals surface area contributed by atoms with Gasteiger partial charge in [-0.15, -0.1) is 23.9 Å². The molecule has 0 saturated carbocycles. The first-order valence-corrected chi connectivity index (χ1v) is 12.8. The van der Waals surface area contributed by atoms with Crippen molar-refractivity contribution in [3.8, 4) is 0 Å². The van der Waals surface area contributed by atoms with E-state index in [1.54, 1.807) is 0 Å². The summed E-state index contributed by atoms with van der Waals surface area (Å²) in [4.78, 5) is 0. The van der Waals surface area contributed by atoms with Gasteiger partial charge < -0.3 is 10.1 Å². The Bertz CT molecular complexity index is 1330. The van der Waals surface area contributed by atoms with Crippen molar-refractivity contribution in [2.45, 2.75) is 12.5 Å². The molecular weight excluding hydrogens is 501 g/mol. The van der Waals surface area contributed by atoms with Gasteiger partial charge in [-0.25, -0.2) is 5.73 Å². The molecule has 0 aromatic heterocycles. The summed E-state index contributed by atoms with van der Waals surface area (Å²) in [5, 5.41) is 8.82. The van der Waals surface area contributed by atoms with Crippen LogP contribution in [0.25, 0.3) is 5.32 Å². The molecule has 2 nitrogen and oxygen atoms in total. The average Bonchev–Trinajstić information content (AvgIpc) is 3.71. The fourth-order valence-corrected chi connectivity index (χ4v) is 6.40. The van der Waals surface area contributed by atoms with Crippen molar-refractivity contribution in [3.63, 3.8) is 0 Å². The number of allylic oxidation sites excluding steroid dienone is 3. The number of hydrogen-bond acceptors (Lipinski definition) is 1. The Morgan fingerprint density at radius 2 is 1.50 bits per heavy atom. The summed E-state index contributed by atoms with van der Waals surface area (Å²) >= 11 is 0. The second kappa shape index (κ2) is 13.3. The third kappa shape index (κ3) is 6.54. The van der Waals surface area contributed by atoms with Crippen LogP contribution in [0, 0.1) is 18.4 Å². The fourth-order valence-electron chi connectivity index (χ4n) is 4.00. The largest absolute Gasteiger partial charge is 2.00 e. The maximum Gasteiger partial charge on any atom is 2.00 e. The van der Waals surface area contributed by atoms with E-state index in [0.29, 0.717) is 6.61 Å². The van der Waals surface area contributed by atoms with Crippen molar-refractivity contribution in [2.75, 3.05) is 6.61 Å². The SMILES string of the molecule is C1=CC=C(P(c2ccccc2)c2ccccc2)C=1[C]1[N-][C@H](Cc2ccccc2)CO1.[C]1=C=C=C=[C-]1.[Fe+2]. The van der Waals surface area contributed by atoms with Gasteiger partial charge in [0.2, 0.25) is 0 Å². The summed E-state index contributed by atoms with van der Waals surface area (Å²) in [6, 6.07) is 32.1. The molecule has 2 aliphatic carbocycles. The van der Waals surface area contributed by atoms with Gasteiger partial charge in [0.15, 0.2) is 0 Å². The molecule has 3 aromatic carbocycles. The molecule has 3 aromatic rings. The first-order chi connectivity index (χ1) is 17.4. The number of rotatable bonds is 6. The predicted octanol–water partition coefficient (Wildman–Crippen LogP) is 6.23. The fraction of sp³-hybridized carbons (Fsp3) is 0.0938. The van der Waals surface area contributed by atoms with Crippen LogP contribution >= 0.6 is 7.92 Å². The smallest absolute Gasteiger partial charge is 0.623 e. The maximum absolute atomic E-state index is 6.07. The van der Waals surface area contributed by atoms with Gasteiger partial charge in [-0.2, -0.15) is 0 Å². The maximum atomic E-state index is 6.07. The van der Waals surface area contributed by atoms with Crippen LogP contribution in [-0.2, 0) is 28.2 Å². The minimum absolute atomic E-state index is 0. The quantitative estimate of drug-likeness (QED) is 0.163. The van der Waals surface area contributed by atoms with Crippen LogP contribution in [0.2, 0.25) is 0 Å². The van der Waals surface area contributed by atoms with Gasteiger partial charge in [0.05, 0.1) is 0 Å². The van der Waals surface area contributed by atoms with Crippen molar-refractivity contribution in [1.29, 1.82) is 0 Å². The van der Waals surface area contributed by atoms with E-state index in [1.807, 2.05) is 12.1 Å². The van der Waals surface area contributed by atoms with Crippen LogP contribution in [0.5, 0.6) is 0 Å². The summed E-state index contributed by atoms with van der Waals surface area (Å²) < 4.78 is 6.07. The normalized spacial score (nSPS) is 17.1. The van der Waals surface area contributed by atoms with Gasteiger partial charge in [-0.05, 0) is 48.0 Å². The van der Waals surface area contributed by atoms with Crippen molar-refractivity contribution in [2.24, 2.45) is 0 Å². The molecule has 0 spiro atoms. The number of hydrogen-bond donors (Lipinski definition) is 0. The number of ether oxygens (including phenoxy) is 1. The molecule has 1 heterocycles. The Hall–Kier alpha value is -3.13. The molecule has 4 heteroatoms. The van der Waals surface area contributed by atoms with Gasteiger partial charge in [-0.3, -0.25) is 11.5 Å². The minimum atomic E-state index is -0.700. The van der Waals surface area contributed by atoms with E-state index in [0.717, 1.165) is 18.2 Å². The van der Waals surface area contributed by atoms with Gasteiger partial charge in [0, 0.05) is 18.4 Å². The monoisotopic (exact) mass is 523 g/mol. The Morgan fingerprint density at radius 3 is 2.06 bits per heavy atom. The molecule has 1 aliphatic heterocycles. The summed E-state index contributed by atoms with van der Waals surface area (Å²) in [5.74, 6) is 0. The first-order valence-electron chi connectivity index (χ1n) is 11.5. The van der Waals surface area contributed by atoms with Crippen molar-refractivity contribution in [3.05, 3.63) is 166 Å². The molecule has 1 saturated heterocycles. The van der Waals surface area contributed by atoms with E-state index in [2.05, 4.69) is 126 Å². The Labute approximate surface area is 225 Å². The third-order valence-corrected chi connectivity index (χ3v) is 8.03. The van der Waals surface area contributed by atoms with E-state index in [9.17, 15) is 0 Å². The molecule has 0 amide bonds. The van der Waals surface area contributed by atoms with E-state index in [-0.39, 0.29) is 23.1 Å².